The van der Waals surface area contributed by atoms with E-state index in [4.69, 9.17) is 21.6 Å². The molecule has 0 spiro atoms. The first-order valence-electron chi connectivity index (χ1n) is 22.8. The monoisotopic (exact) mass is 875 g/mol. The second-order valence-electron chi connectivity index (χ2n) is 20.3. The molecule has 4 heterocycles. The fraction of sp³-hybridized carbons (Fsp3) is 0.551. The van der Waals surface area contributed by atoms with Gasteiger partial charge in [-0.1, -0.05) is 41.9 Å². The Bertz CT molecular complexity index is 2560. The van der Waals surface area contributed by atoms with Crippen LogP contribution >= 0.6 is 11.6 Å². The number of carboxylic acid groups (broad SMARTS) is 2. The number of rotatable bonds is 13. The summed E-state index contributed by atoms with van der Waals surface area (Å²) < 4.78 is 3.85. The average molecular weight is 876 g/mol. The zero-order chi connectivity index (χ0) is 44.1. The van der Waals surface area contributed by atoms with Crippen molar-refractivity contribution in [2.24, 2.45) is 35.8 Å². The van der Waals surface area contributed by atoms with E-state index in [0.717, 1.165) is 155 Å². The molecule has 4 bridgehead atoms. The number of anilines is 1. The highest BCUT2D eigenvalue weighted by Gasteiger charge is 2.59. The number of aliphatic carboxylic acids is 2. The van der Waals surface area contributed by atoms with Crippen molar-refractivity contribution in [3.8, 4) is 11.1 Å². The Morgan fingerprint density at radius 1 is 0.730 bits per heavy atom. The summed E-state index contributed by atoms with van der Waals surface area (Å²) >= 11 is 7.09. The van der Waals surface area contributed by atoms with Crippen molar-refractivity contribution in [3.05, 3.63) is 87.0 Å². The van der Waals surface area contributed by atoms with E-state index < -0.39 is 22.8 Å². The minimum absolute atomic E-state index is 0.0581. The molecule has 2 aromatic heterocycles. The zero-order valence-corrected chi connectivity index (χ0v) is 37.5. The molecule has 2 aromatic carbocycles. The summed E-state index contributed by atoms with van der Waals surface area (Å²) in [5, 5.41) is 23.2. The third-order valence-corrected chi connectivity index (χ3v) is 17.3. The van der Waals surface area contributed by atoms with Crippen LogP contribution in [0.2, 0.25) is 5.02 Å². The van der Waals surface area contributed by atoms with Gasteiger partial charge in [0.15, 0.2) is 11.6 Å². The number of hydrogen-bond acceptors (Lipinski definition) is 8. The molecule has 0 radical (unpaired) electrons. The van der Waals surface area contributed by atoms with Crippen molar-refractivity contribution in [1.82, 2.24) is 28.9 Å². The predicted molar refractivity (Wildman–Crippen MR) is 238 cm³/mol. The minimum Gasteiger partial charge on any atom is -0.481 e. The Morgan fingerprint density at radius 3 is 1.94 bits per heavy atom. The number of nitrogens with zero attached hydrogens (tertiary/aromatic N) is 6. The Hall–Kier alpha value is -4.85. The number of aromatic nitrogens is 4. The molecule has 332 valence electrons. The van der Waals surface area contributed by atoms with Gasteiger partial charge in [0.05, 0.1) is 32.9 Å². The van der Waals surface area contributed by atoms with Gasteiger partial charge in [0, 0.05) is 83.0 Å². The van der Waals surface area contributed by atoms with Crippen LogP contribution < -0.4 is 5.32 Å². The summed E-state index contributed by atoms with van der Waals surface area (Å²) in [5.74, 6) is -0.880. The van der Waals surface area contributed by atoms with Gasteiger partial charge in [0.2, 0.25) is 5.78 Å². The third kappa shape index (κ3) is 7.13. The highest BCUT2D eigenvalue weighted by molar-refractivity contribution is 6.36. The summed E-state index contributed by atoms with van der Waals surface area (Å²) in [7, 11) is 3.82. The number of amides is 1. The van der Waals surface area contributed by atoms with E-state index in [0.29, 0.717) is 35.4 Å². The molecule has 14 heteroatoms. The molecule has 10 rings (SSSR count). The molecule has 0 atom stereocenters. The van der Waals surface area contributed by atoms with E-state index in [1.54, 1.807) is 6.07 Å². The Kier molecular flexibility index (Phi) is 10.3. The maximum absolute atomic E-state index is 14.0. The van der Waals surface area contributed by atoms with E-state index in [2.05, 4.69) is 15.1 Å². The molecule has 4 fully saturated rings. The Balaban J connectivity index is 0.791. The molecule has 63 heavy (non-hydrogen) atoms. The van der Waals surface area contributed by atoms with Crippen LogP contribution in [0.25, 0.3) is 11.1 Å². The average Bonchev–Trinajstić information content (AvgIpc) is 4.13. The van der Waals surface area contributed by atoms with Gasteiger partial charge in [0.25, 0.3) is 5.91 Å². The van der Waals surface area contributed by atoms with Crippen LogP contribution in [0, 0.1) is 28.6 Å². The highest BCUT2D eigenvalue weighted by Crippen LogP contribution is 2.63. The Labute approximate surface area is 373 Å². The number of carboxylic acids is 2. The smallest absolute Gasteiger partial charge is 0.309 e. The van der Waals surface area contributed by atoms with Crippen molar-refractivity contribution in [1.29, 1.82) is 0 Å². The number of imidazole rings is 2. The normalized spacial score (nSPS) is 27.4. The van der Waals surface area contributed by atoms with Gasteiger partial charge in [-0.05, 0) is 118 Å². The van der Waals surface area contributed by atoms with Crippen molar-refractivity contribution < 1.29 is 29.4 Å². The number of fused-ring (bicyclic) bond motifs is 6. The molecule has 4 aromatic rings. The molecular weight excluding hydrogens is 818 g/mol. The molecule has 3 N–H and O–H groups in total. The first-order chi connectivity index (χ1) is 30.1. The number of Topliss-reactive ketones (excluding diaryl/α,β-unsaturated/α-hetero) is 1. The van der Waals surface area contributed by atoms with E-state index in [1.165, 1.54) is 0 Å². The van der Waals surface area contributed by atoms with Crippen molar-refractivity contribution in [2.45, 2.75) is 110 Å². The quantitative estimate of drug-likeness (QED) is 0.114. The Morgan fingerprint density at radius 2 is 1.29 bits per heavy atom. The number of carbonyl (C=O) groups excluding carboxylic acids is 2. The summed E-state index contributed by atoms with van der Waals surface area (Å²) in [5.41, 5.74) is 7.03. The number of halogens is 1. The number of nitrogens with one attached hydrogen (secondary N) is 1. The van der Waals surface area contributed by atoms with Crippen LogP contribution in [0.15, 0.2) is 36.4 Å². The summed E-state index contributed by atoms with van der Waals surface area (Å²) in [6.45, 7) is 6.84. The van der Waals surface area contributed by atoms with E-state index in [-0.39, 0.29) is 28.9 Å². The lowest BCUT2D eigenvalue weighted by atomic mass is 9.80. The standard InChI is InChI=1S/C49H58ClN7O6/c1-30-31(24-39(58)41-51-36-26-57(22-11-37(36)54(41)2)29-47-14-18-49(28-47,19-15-47)45(62)63)6-4-7-32(30)33-8-5-9-34(40(33)50)53-43(59)42-52-35-25-56(21-10-38(35)55(42)3)23-20-46-12-16-48(27-46,17-13-46)44(60)61/h4-9H,10-29H2,1-3H3,(H,53,59)(H,60,61)(H,62,63). The van der Waals surface area contributed by atoms with Gasteiger partial charge >= 0.3 is 11.9 Å². The summed E-state index contributed by atoms with van der Waals surface area (Å²) in [6, 6.07) is 11.5. The number of carbonyl (C=O) groups is 4. The highest BCUT2D eigenvalue weighted by atomic mass is 35.5. The molecule has 0 unspecified atom stereocenters. The van der Waals surface area contributed by atoms with Crippen molar-refractivity contribution in [3.63, 3.8) is 0 Å². The molecular formula is C49H58ClN7O6. The predicted octanol–water partition coefficient (Wildman–Crippen LogP) is 7.64. The lowest BCUT2D eigenvalue weighted by molar-refractivity contribution is -0.149. The van der Waals surface area contributed by atoms with Crippen LogP contribution in [-0.2, 0) is 56.0 Å². The summed E-state index contributed by atoms with van der Waals surface area (Å²) in [6.07, 6.45) is 11.4. The van der Waals surface area contributed by atoms with Gasteiger partial charge < -0.3 is 24.7 Å². The topological polar surface area (TPSA) is 163 Å². The first kappa shape index (κ1) is 42.1. The SMILES string of the molecule is Cc1c(CC(=O)c2nc3c(n2C)CCN(CC24CCC(C(=O)O)(CC2)C4)C3)cccc1-c1cccc(NC(=O)c2nc3c(n2C)CCN(CCC24CCC(C(=O)O)(CC2)C4)C3)c1Cl. The van der Waals surface area contributed by atoms with Gasteiger partial charge in [0.1, 0.15) is 0 Å². The molecule has 6 aliphatic rings. The van der Waals surface area contributed by atoms with E-state index >= 15 is 0 Å². The van der Waals surface area contributed by atoms with Crippen LogP contribution in [0.1, 0.15) is 126 Å². The first-order valence-corrected chi connectivity index (χ1v) is 23.2. The minimum atomic E-state index is -0.637. The lowest BCUT2D eigenvalue weighted by Crippen LogP contribution is -2.39. The largest absolute Gasteiger partial charge is 0.481 e. The van der Waals surface area contributed by atoms with Crippen LogP contribution in [0.5, 0.6) is 0 Å². The van der Waals surface area contributed by atoms with Gasteiger partial charge in [-0.25, -0.2) is 9.97 Å². The summed E-state index contributed by atoms with van der Waals surface area (Å²) in [4.78, 5) is 66.5. The molecule has 2 aliphatic heterocycles. The van der Waals surface area contributed by atoms with Crippen LogP contribution in [0.3, 0.4) is 0 Å². The second-order valence-corrected chi connectivity index (χ2v) is 20.7. The molecule has 1 amide bonds. The lowest BCUT2D eigenvalue weighted by Gasteiger charge is -2.35. The molecule has 4 saturated carbocycles. The fourth-order valence-electron chi connectivity index (χ4n) is 13.0. The molecule has 0 saturated heterocycles. The maximum Gasteiger partial charge on any atom is 0.309 e. The number of ketones is 1. The van der Waals surface area contributed by atoms with Crippen LogP contribution in [-0.4, -0.2) is 88.9 Å². The molecule has 4 aliphatic carbocycles. The van der Waals surface area contributed by atoms with Gasteiger partial charge in [-0.2, -0.15) is 0 Å². The molecule has 13 nitrogen and oxygen atoms in total. The van der Waals surface area contributed by atoms with E-state index in [9.17, 15) is 29.4 Å². The second kappa shape index (κ2) is 15.4. The third-order valence-electron chi connectivity index (χ3n) is 16.8. The van der Waals surface area contributed by atoms with E-state index in [1.807, 2.05) is 60.5 Å². The number of benzene rings is 2. The van der Waals surface area contributed by atoms with Gasteiger partial charge in [-0.3, -0.25) is 29.0 Å². The maximum atomic E-state index is 14.0. The number of hydrogen-bond donors (Lipinski definition) is 3. The van der Waals surface area contributed by atoms with Crippen molar-refractivity contribution >= 4 is 40.9 Å². The van der Waals surface area contributed by atoms with Gasteiger partial charge in [-0.15, -0.1) is 0 Å². The van der Waals surface area contributed by atoms with Crippen molar-refractivity contribution in [2.75, 3.05) is 31.5 Å². The zero-order valence-electron chi connectivity index (χ0n) is 36.7. The van der Waals surface area contributed by atoms with Crippen LogP contribution in [0.4, 0.5) is 5.69 Å². The fourth-order valence-corrected chi connectivity index (χ4v) is 13.3.